The van der Waals surface area contributed by atoms with Crippen LogP contribution in [0, 0.1) is 0 Å². The number of hydrogen-bond donors (Lipinski definition) is 3. The fourth-order valence-corrected chi connectivity index (χ4v) is 2.02. The molecule has 2 aromatic carbocycles. The minimum atomic E-state index is -0.545. The molecule has 0 saturated carbocycles. The van der Waals surface area contributed by atoms with E-state index < -0.39 is 5.91 Å². The number of benzene rings is 2. The molecule has 0 saturated heterocycles. The minimum absolute atomic E-state index is 0.0914. The highest BCUT2D eigenvalue weighted by molar-refractivity contribution is 9.10. The molecule has 98 valence electrons. The van der Waals surface area contributed by atoms with Crippen LogP contribution in [0.5, 0.6) is 11.5 Å². The summed E-state index contributed by atoms with van der Waals surface area (Å²) in [6.45, 7) is 0. The zero-order valence-electron chi connectivity index (χ0n) is 9.52. The number of carbonyl (C=O) groups excluding carboxylic acids is 1. The zero-order valence-corrected chi connectivity index (χ0v) is 11.9. The Labute approximate surface area is 122 Å². The predicted molar refractivity (Wildman–Crippen MR) is 76.9 cm³/mol. The van der Waals surface area contributed by atoms with E-state index >= 15 is 0 Å². The van der Waals surface area contributed by atoms with Crippen molar-refractivity contribution in [1.29, 1.82) is 0 Å². The van der Waals surface area contributed by atoms with Gasteiger partial charge in [-0.15, -0.1) is 0 Å². The summed E-state index contributed by atoms with van der Waals surface area (Å²) in [5.41, 5.74) is 0.269. The molecule has 2 rings (SSSR count). The average Bonchev–Trinajstić information content (AvgIpc) is 2.36. The monoisotopic (exact) mass is 341 g/mol. The topological polar surface area (TPSA) is 69.6 Å². The molecular formula is C13H9BrClNO3. The fourth-order valence-electron chi connectivity index (χ4n) is 1.49. The molecule has 0 bridgehead atoms. The SMILES string of the molecule is O=C(Nc1cc(Cl)ccc1O)c1cc(Br)ccc1O. The molecule has 0 aliphatic rings. The molecule has 0 fully saturated rings. The number of amides is 1. The third kappa shape index (κ3) is 3.19. The predicted octanol–water partition coefficient (Wildman–Crippen LogP) is 3.77. The van der Waals surface area contributed by atoms with Crippen molar-refractivity contribution in [2.24, 2.45) is 0 Å². The Morgan fingerprint density at radius 3 is 2.53 bits per heavy atom. The molecule has 1 amide bonds. The van der Waals surface area contributed by atoms with Crippen molar-refractivity contribution in [3.8, 4) is 11.5 Å². The number of halogens is 2. The lowest BCUT2D eigenvalue weighted by Gasteiger charge is -2.09. The first-order valence-electron chi connectivity index (χ1n) is 5.26. The van der Waals surface area contributed by atoms with Crippen LogP contribution >= 0.6 is 27.5 Å². The van der Waals surface area contributed by atoms with Gasteiger partial charge >= 0.3 is 0 Å². The molecular weight excluding hydrogens is 334 g/mol. The van der Waals surface area contributed by atoms with E-state index in [1.165, 1.54) is 30.3 Å². The maximum atomic E-state index is 12.0. The van der Waals surface area contributed by atoms with Gasteiger partial charge in [-0.1, -0.05) is 27.5 Å². The molecule has 0 spiro atoms. The van der Waals surface area contributed by atoms with Gasteiger partial charge in [-0.25, -0.2) is 0 Å². The maximum Gasteiger partial charge on any atom is 0.259 e. The summed E-state index contributed by atoms with van der Waals surface area (Å²) in [5, 5.41) is 22.1. The third-order valence-electron chi connectivity index (χ3n) is 2.41. The van der Waals surface area contributed by atoms with Gasteiger partial charge in [0.2, 0.25) is 0 Å². The van der Waals surface area contributed by atoms with E-state index in [1.54, 1.807) is 6.07 Å². The molecule has 3 N–H and O–H groups in total. The van der Waals surface area contributed by atoms with E-state index in [2.05, 4.69) is 21.2 Å². The van der Waals surface area contributed by atoms with Gasteiger partial charge in [0, 0.05) is 9.50 Å². The zero-order chi connectivity index (χ0) is 14.0. The summed E-state index contributed by atoms with van der Waals surface area (Å²) >= 11 is 9.00. The number of hydrogen-bond acceptors (Lipinski definition) is 3. The molecule has 2 aromatic rings. The Kier molecular flexibility index (Phi) is 3.97. The highest BCUT2D eigenvalue weighted by atomic mass is 79.9. The van der Waals surface area contributed by atoms with E-state index in [1.807, 2.05) is 0 Å². The number of anilines is 1. The average molecular weight is 343 g/mol. The van der Waals surface area contributed by atoms with Crippen LogP contribution in [0.4, 0.5) is 5.69 Å². The fraction of sp³-hybridized carbons (Fsp3) is 0. The summed E-state index contributed by atoms with van der Waals surface area (Å²) in [4.78, 5) is 12.0. The molecule has 0 heterocycles. The van der Waals surface area contributed by atoms with Crippen LogP contribution in [0.1, 0.15) is 10.4 Å². The second-order valence-electron chi connectivity index (χ2n) is 3.78. The molecule has 0 aliphatic heterocycles. The molecule has 0 atom stereocenters. The quantitative estimate of drug-likeness (QED) is 0.728. The van der Waals surface area contributed by atoms with Crippen molar-refractivity contribution in [3.63, 3.8) is 0 Å². The number of rotatable bonds is 2. The van der Waals surface area contributed by atoms with Crippen molar-refractivity contribution in [2.45, 2.75) is 0 Å². The Bertz CT molecular complexity index is 646. The number of phenols is 2. The van der Waals surface area contributed by atoms with Crippen LogP contribution in [0.3, 0.4) is 0 Å². The second-order valence-corrected chi connectivity index (χ2v) is 5.13. The molecule has 0 radical (unpaired) electrons. The lowest BCUT2D eigenvalue weighted by molar-refractivity contribution is 0.102. The van der Waals surface area contributed by atoms with Gasteiger partial charge in [0.25, 0.3) is 5.91 Å². The Balaban J connectivity index is 2.30. The van der Waals surface area contributed by atoms with Crippen molar-refractivity contribution in [1.82, 2.24) is 0 Å². The molecule has 6 heteroatoms. The van der Waals surface area contributed by atoms with E-state index in [-0.39, 0.29) is 22.7 Å². The molecule has 0 aliphatic carbocycles. The Morgan fingerprint density at radius 1 is 1.11 bits per heavy atom. The van der Waals surface area contributed by atoms with Gasteiger partial charge in [-0.2, -0.15) is 0 Å². The van der Waals surface area contributed by atoms with Crippen molar-refractivity contribution in [2.75, 3.05) is 5.32 Å². The van der Waals surface area contributed by atoms with Crippen LogP contribution < -0.4 is 5.32 Å². The highest BCUT2D eigenvalue weighted by Crippen LogP contribution is 2.28. The van der Waals surface area contributed by atoms with Crippen LogP contribution in [-0.2, 0) is 0 Å². The van der Waals surface area contributed by atoms with Crippen LogP contribution in [-0.4, -0.2) is 16.1 Å². The lowest BCUT2D eigenvalue weighted by atomic mass is 10.2. The van der Waals surface area contributed by atoms with E-state index in [9.17, 15) is 15.0 Å². The lowest BCUT2D eigenvalue weighted by Crippen LogP contribution is -2.12. The molecule has 0 aromatic heterocycles. The Hall–Kier alpha value is -1.72. The summed E-state index contributed by atoms with van der Waals surface area (Å²) in [7, 11) is 0. The maximum absolute atomic E-state index is 12.0. The summed E-state index contributed by atoms with van der Waals surface area (Å²) in [6, 6.07) is 8.79. The van der Waals surface area contributed by atoms with Gasteiger partial charge < -0.3 is 15.5 Å². The minimum Gasteiger partial charge on any atom is -0.507 e. The second kappa shape index (κ2) is 5.50. The van der Waals surface area contributed by atoms with Crippen LogP contribution in [0.2, 0.25) is 5.02 Å². The number of aromatic hydroxyl groups is 2. The van der Waals surface area contributed by atoms with Crippen molar-refractivity contribution in [3.05, 3.63) is 51.5 Å². The van der Waals surface area contributed by atoms with Gasteiger partial charge in [0.05, 0.1) is 11.3 Å². The van der Waals surface area contributed by atoms with Crippen LogP contribution in [0.25, 0.3) is 0 Å². The summed E-state index contributed by atoms with van der Waals surface area (Å²) in [6.07, 6.45) is 0. The first-order chi connectivity index (χ1) is 8.97. The largest absolute Gasteiger partial charge is 0.507 e. The Morgan fingerprint density at radius 2 is 1.79 bits per heavy atom. The molecule has 0 unspecified atom stereocenters. The molecule has 4 nitrogen and oxygen atoms in total. The van der Waals surface area contributed by atoms with Gasteiger partial charge in [-0.3, -0.25) is 4.79 Å². The van der Waals surface area contributed by atoms with Gasteiger partial charge in [0.15, 0.2) is 0 Å². The van der Waals surface area contributed by atoms with Crippen molar-refractivity contribution < 1.29 is 15.0 Å². The summed E-state index contributed by atoms with van der Waals surface area (Å²) < 4.78 is 0.658. The summed E-state index contributed by atoms with van der Waals surface area (Å²) in [5.74, 6) is -0.800. The third-order valence-corrected chi connectivity index (χ3v) is 3.14. The molecule has 19 heavy (non-hydrogen) atoms. The van der Waals surface area contributed by atoms with E-state index in [0.29, 0.717) is 9.50 Å². The highest BCUT2D eigenvalue weighted by Gasteiger charge is 2.13. The first-order valence-corrected chi connectivity index (χ1v) is 6.43. The number of nitrogens with one attached hydrogen (secondary N) is 1. The van der Waals surface area contributed by atoms with Gasteiger partial charge in [0.1, 0.15) is 11.5 Å². The smallest absolute Gasteiger partial charge is 0.259 e. The number of carbonyl (C=O) groups is 1. The normalized spacial score (nSPS) is 10.2. The van der Waals surface area contributed by atoms with Crippen molar-refractivity contribution >= 4 is 39.1 Å². The first kappa shape index (κ1) is 13.7. The number of phenolic OH excluding ortho intramolecular Hbond substituents is 2. The van der Waals surface area contributed by atoms with E-state index in [0.717, 1.165) is 0 Å². The standard InChI is InChI=1S/C13H9BrClNO3/c14-7-1-3-11(17)9(5-7)13(19)16-10-6-8(15)2-4-12(10)18/h1-6,17-18H,(H,16,19). The van der Waals surface area contributed by atoms with Gasteiger partial charge in [-0.05, 0) is 36.4 Å². The van der Waals surface area contributed by atoms with Crippen LogP contribution in [0.15, 0.2) is 40.9 Å². The van der Waals surface area contributed by atoms with E-state index in [4.69, 9.17) is 11.6 Å².